The summed E-state index contributed by atoms with van der Waals surface area (Å²) in [4.78, 5) is 11.6. The van der Waals surface area contributed by atoms with Gasteiger partial charge in [-0.2, -0.15) is 13.5 Å². The third kappa shape index (κ3) is 4.81. The molecule has 0 fully saturated rings. The highest BCUT2D eigenvalue weighted by Gasteiger charge is 2.21. The van der Waals surface area contributed by atoms with Gasteiger partial charge in [-0.3, -0.25) is 10.1 Å². The lowest BCUT2D eigenvalue weighted by Crippen LogP contribution is -2.41. The highest BCUT2D eigenvalue weighted by Crippen LogP contribution is 2.17. The minimum Gasteiger partial charge on any atom is -0.299 e. The number of carbonyl (C=O) groups is 1. The molecule has 0 amide bonds. The zero-order valence-electron chi connectivity index (χ0n) is 10.4. The Hall–Kier alpha value is -0.800. The molecule has 2 nitrogen and oxygen atoms in total. The second-order valence-corrected chi connectivity index (χ2v) is 4.85. The average molecular weight is 239 g/mol. The van der Waals surface area contributed by atoms with Crippen LogP contribution >= 0.6 is 13.5 Å². The van der Waals surface area contributed by atoms with Crippen molar-refractivity contribution in [1.29, 1.82) is 0 Å². The highest BCUT2D eigenvalue weighted by molar-refractivity contribution is 7.59. The maximum absolute atomic E-state index is 11.6. The SMILES string of the molecule is CC(=O)[C@@H](NC(C)(C)C)c1ccccc1.S. The Labute approximate surface area is 105 Å². The Bertz CT molecular complexity index is 330. The van der Waals surface area contributed by atoms with Crippen LogP contribution in [0.2, 0.25) is 0 Å². The molecule has 90 valence electrons. The zero-order valence-corrected chi connectivity index (χ0v) is 11.4. The summed E-state index contributed by atoms with van der Waals surface area (Å²) < 4.78 is 0. The first-order chi connectivity index (χ1) is 6.90. The van der Waals surface area contributed by atoms with Gasteiger partial charge in [-0.25, -0.2) is 0 Å². The largest absolute Gasteiger partial charge is 0.299 e. The van der Waals surface area contributed by atoms with E-state index in [4.69, 9.17) is 0 Å². The van der Waals surface area contributed by atoms with Crippen LogP contribution in [0.3, 0.4) is 0 Å². The molecule has 0 heterocycles. The number of Topliss-reactive ketones (excluding diaryl/α,β-unsaturated/α-hetero) is 1. The van der Waals surface area contributed by atoms with Gasteiger partial charge < -0.3 is 0 Å². The zero-order chi connectivity index (χ0) is 11.5. The van der Waals surface area contributed by atoms with Crippen LogP contribution in [0, 0.1) is 0 Å². The highest BCUT2D eigenvalue weighted by atomic mass is 32.1. The Kier molecular flexibility index (Phi) is 5.76. The van der Waals surface area contributed by atoms with E-state index < -0.39 is 0 Å². The monoisotopic (exact) mass is 239 g/mol. The lowest BCUT2D eigenvalue weighted by atomic mass is 9.99. The minimum atomic E-state index is -0.203. The molecule has 0 aliphatic rings. The van der Waals surface area contributed by atoms with Gasteiger partial charge >= 0.3 is 0 Å². The maximum atomic E-state index is 11.6. The number of hydrogen-bond donors (Lipinski definition) is 1. The fourth-order valence-electron chi connectivity index (χ4n) is 1.50. The van der Waals surface area contributed by atoms with Gasteiger partial charge in [-0.05, 0) is 33.3 Å². The molecule has 0 bridgehead atoms. The van der Waals surface area contributed by atoms with E-state index in [0.29, 0.717) is 0 Å². The Morgan fingerprint density at radius 3 is 2.06 bits per heavy atom. The van der Waals surface area contributed by atoms with Gasteiger partial charge in [-0.15, -0.1) is 0 Å². The summed E-state index contributed by atoms with van der Waals surface area (Å²) in [5.74, 6) is 0.149. The summed E-state index contributed by atoms with van der Waals surface area (Å²) in [6.45, 7) is 7.81. The number of ketones is 1. The van der Waals surface area contributed by atoms with Crippen molar-refractivity contribution in [3.8, 4) is 0 Å². The Balaban J connectivity index is 0.00000225. The number of rotatable bonds is 3. The molecule has 0 aliphatic carbocycles. The number of carbonyl (C=O) groups excluding carboxylic acids is 1. The summed E-state index contributed by atoms with van der Waals surface area (Å²) in [6.07, 6.45) is 0. The van der Waals surface area contributed by atoms with Crippen LogP contribution in [0.5, 0.6) is 0 Å². The van der Waals surface area contributed by atoms with Crippen molar-refractivity contribution in [2.75, 3.05) is 0 Å². The van der Waals surface area contributed by atoms with Gasteiger partial charge in [0.25, 0.3) is 0 Å². The maximum Gasteiger partial charge on any atom is 0.151 e. The predicted molar refractivity (Wildman–Crippen MR) is 73.1 cm³/mol. The molecule has 0 aliphatic heterocycles. The van der Waals surface area contributed by atoms with Gasteiger partial charge in [-0.1, -0.05) is 30.3 Å². The van der Waals surface area contributed by atoms with Crippen molar-refractivity contribution in [1.82, 2.24) is 5.32 Å². The Morgan fingerprint density at radius 1 is 1.19 bits per heavy atom. The molecule has 0 radical (unpaired) electrons. The smallest absolute Gasteiger partial charge is 0.151 e. The molecule has 0 saturated heterocycles. The molecule has 1 rings (SSSR count). The van der Waals surface area contributed by atoms with Crippen LogP contribution in [0.25, 0.3) is 0 Å². The molecule has 1 aromatic rings. The first-order valence-corrected chi connectivity index (χ1v) is 5.23. The van der Waals surface area contributed by atoms with E-state index in [2.05, 4.69) is 26.1 Å². The van der Waals surface area contributed by atoms with Crippen LogP contribution in [-0.2, 0) is 4.79 Å². The molecule has 0 aromatic heterocycles. The normalized spacial score (nSPS) is 12.8. The lowest BCUT2D eigenvalue weighted by molar-refractivity contribution is -0.119. The second-order valence-electron chi connectivity index (χ2n) is 4.85. The van der Waals surface area contributed by atoms with E-state index in [1.54, 1.807) is 6.92 Å². The summed E-state index contributed by atoms with van der Waals surface area (Å²) in [5, 5.41) is 3.32. The summed E-state index contributed by atoms with van der Waals surface area (Å²) in [6, 6.07) is 9.62. The van der Waals surface area contributed by atoms with Gasteiger partial charge in [0.15, 0.2) is 5.78 Å². The van der Waals surface area contributed by atoms with Gasteiger partial charge in [0, 0.05) is 5.54 Å². The summed E-state index contributed by atoms with van der Waals surface area (Å²) in [5.41, 5.74) is 0.964. The van der Waals surface area contributed by atoms with Gasteiger partial charge in [0.1, 0.15) is 0 Å². The number of hydrogen-bond acceptors (Lipinski definition) is 2. The second kappa shape index (κ2) is 6.06. The van der Waals surface area contributed by atoms with E-state index in [0.717, 1.165) is 5.56 Å². The molecular weight excluding hydrogens is 218 g/mol. The van der Waals surface area contributed by atoms with Crippen molar-refractivity contribution in [3.63, 3.8) is 0 Å². The van der Waals surface area contributed by atoms with Gasteiger partial charge in [0.05, 0.1) is 6.04 Å². The van der Waals surface area contributed by atoms with Crippen LogP contribution in [0.1, 0.15) is 39.3 Å². The van der Waals surface area contributed by atoms with E-state index >= 15 is 0 Å². The Morgan fingerprint density at radius 2 is 1.69 bits per heavy atom. The number of benzene rings is 1. The molecule has 1 atom stereocenters. The number of nitrogens with one attached hydrogen (secondary N) is 1. The lowest BCUT2D eigenvalue weighted by Gasteiger charge is -2.27. The van der Waals surface area contributed by atoms with Crippen LogP contribution in [0.15, 0.2) is 30.3 Å². The molecule has 0 spiro atoms. The van der Waals surface area contributed by atoms with Crippen molar-refractivity contribution < 1.29 is 4.79 Å². The van der Waals surface area contributed by atoms with Crippen LogP contribution < -0.4 is 5.32 Å². The molecule has 1 N–H and O–H groups in total. The van der Waals surface area contributed by atoms with E-state index in [9.17, 15) is 4.79 Å². The molecule has 1 aromatic carbocycles. The fourth-order valence-corrected chi connectivity index (χ4v) is 1.50. The third-order valence-electron chi connectivity index (χ3n) is 2.12. The van der Waals surface area contributed by atoms with Crippen molar-refractivity contribution in [3.05, 3.63) is 35.9 Å². The topological polar surface area (TPSA) is 29.1 Å². The van der Waals surface area contributed by atoms with Gasteiger partial charge in [0.2, 0.25) is 0 Å². The molecular formula is C13H21NOS. The fraction of sp³-hybridized carbons (Fsp3) is 0.462. The minimum absolute atomic E-state index is 0. The van der Waals surface area contributed by atoms with Crippen molar-refractivity contribution >= 4 is 19.3 Å². The molecule has 3 heteroatoms. The quantitative estimate of drug-likeness (QED) is 0.879. The third-order valence-corrected chi connectivity index (χ3v) is 2.12. The predicted octanol–water partition coefficient (Wildman–Crippen LogP) is 2.82. The first kappa shape index (κ1) is 15.2. The summed E-state index contributed by atoms with van der Waals surface area (Å²) >= 11 is 0. The van der Waals surface area contributed by atoms with E-state index in [1.165, 1.54) is 0 Å². The average Bonchev–Trinajstić information content (AvgIpc) is 2.14. The standard InChI is InChI=1S/C13H19NO.H2S/c1-10(15)12(14-13(2,3)4)11-8-6-5-7-9-11;/h5-9,12,14H,1-4H3;1H2/t12-;/m1./s1. The van der Waals surface area contributed by atoms with Crippen molar-refractivity contribution in [2.45, 2.75) is 39.3 Å². The summed E-state index contributed by atoms with van der Waals surface area (Å²) in [7, 11) is 0. The molecule has 0 saturated carbocycles. The molecule has 0 unspecified atom stereocenters. The van der Waals surface area contributed by atoms with E-state index in [1.807, 2.05) is 30.3 Å². The van der Waals surface area contributed by atoms with Crippen LogP contribution in [-0.4, -0.2) is 11.3 Å². The van der Waals surface area contributed by atoms with Crippen LogP contribution in [0.4, 0.5) is 0 Å². The first-order valence-electron chi connectivity index (χ1n) is 5.23. The molecule has 16 heavy (non-hydrogen) atoms. The van der Waals surface area contributed by atoms with Crippen molar-refractivity contribution in [2.24, 2.45) is 0 Å². The van der Waals surface area contributed by atoms with E-state index in [-0.39, 0.29) is 30.9 Å².